The molecule has 54 heavy (non-hydrogen) atoms. The van der Waals surface area contributed by atoms with Crippen molar-refractivity contribution in [2.75, 3.05) is 39.6 Å². The second-order valence-electron chi connectivity index (χ2n) is 17.7. The fraction of sp³-hybridized carbons (Fsp3) is 1.00. The smallest absolute Gasteiger partial charge is 0.160 e. The van der Waals surface area contributed by atoms with E-state index in [0.717, 1.165) is 54.1 Å². The van der Waals surface area contributed by atoms with E-state index in [1.165, 1.54) is 154 Å². The predicted molar refractivity (Wildman–Crippen MR) is 234 cm³/mol. The van der Waals surface area contributed by atoms with Gasteiger partial charge in [0, 0.05) is 50.0 Å². The van der Waals surface area contributed by atoms with Gasteiger partial charge in [-0.15, -0.1) is 0 Å². The molecule has 0 aromatic rings. The molecule has 0 atom stereocenters. The quantitative estimate of drug-likeness (QED) is 0.120. The molecule has 9 heteroatoms. The van der Waals surface area contributed by atoms with E-state index >= 15 is 0 Å². The fourth-order valence-corrected chi connectivity index (χ4v) is 10.7. The molecule has 3 heterocycles. The van der Waals surface area contributed by atoms with Crippen LogP contribution in [0, 0.1) is 35.5 Å². The van der Waals surface area contributed by atoms with Crippen LogP contribution < -0.4 is 0 Å². The summed E-state index contributed by atoms with van der Waals surface area (Å²) in [4.78, 5) is 2.16. The van der Waals surface area contributed by atoms with Crippen LogP contribution in [0.3, 0.4) is 0 Å². The predicted octanol–water partition coefficient (Wildman–Crippen LogP) is 13.5. The Labute approximate surface area is 357 Å². The van der Waals surface area contributed by atoms with Gasteiger partial charge in [0.2, 0.25) is 0 Å². The molecule has 0 radical (unpaired) electrons. The summed E-state index contributed by atoms with van der Waals surface area (Å²) in [6, 6.07) is 0. The minimum Gasteiger partial charge on any atom is -0.352 e. The first-order chi connectivity index (χ1) is 26.4. The second kappa shape index (κ2) is 28.6. The molecular formula is C45H81Br3O6. The van der Waals surface area contributed by atoms with Gasteiger partial charge in [-0.2, -0.15) is 0 Å². The molecule has 0 aromatic carbocycles. The molecule has 6 rings (SSSR count). The first-order valence-electron chi connectivity index (χ1n) is 23.0. The molecule has 0 aromatic heterocycles. The number of unbranched alkanes of at least 4 members (excludes halogenated alkanes) is 6. The van der Waals surface area contributed by atoms with Gasteiger partial charge in [-0.3, -0.25) is 0 Å². The van der Waals surface area contributed by atoms with E-state index in [1.807, 2.05) is 0 Å². The molecule has 3 saturated carbocycles. The second-order valence-corrected chi connectivity index (χ2v) is 21.6. The van der Waals surface area contributed by atoms with Crippen molar-refractivity contribution in [2.24, 2.45) is 35.5 Å². The van der Waals surface area contributed by atoms with Crippen molar-refractivity contribution < 1.29 is 28.4 Å². The Morgan fingerprint density at radius 1 is 0.333 bits per heavy atom. The third-order valence-electron chi connectivity index (χ3n) is 12.9. The summed E-state index contributed by atoms with van der Waals surface area (Å²) in [6.07, 6.45) is 31.1. The molecule has 318 valence electrons. The van der Waals surface area contributed by atoms with Crippen LogP contribution in [0.25, 0.3) is 0 Å². The number of hydrogen-bond acceptors (Lipinski definition) is 6. The first kappa shape index (κ1) is 47.9. The van der Waals surface area contributed by atoms with Gasteiger partial charge in [0.1, 0.15) is 0 Å². The third kappa shape index (κ3) is 18.6. The van der Waals surface area contributed by atoms with Crippen LogP contribution in [0.4, 0.5) is 0 Å². The zero-order valence-electron chi connectivity index (χ0n) is 34.7. The van der Waals surface area contributed by atoms with E-state index in [0.29, 0.717) is 35.5 Å². The Morgan fingerprint density at radius 3 is 0.889 bits per heavy atom. The van der Waals surface area contributed by atoms with Crippen molar-refractivity contribution in [3.05, 3.63) is 0 Å². The molecule has 6 aliphatic rings. The highest BCUT2D eigenvalue weighted by Crippen LogP contribution is 2.36. The molecule has 0 spiro atoms. The van der Waals surface area contributed by atoms with Crippen molar-refractivity contribution in [3.63, 3.8) is 0 Å². The van der Waals surface area contributed by atoms with E-state index in [2.05, 4.69) is 68.6 Å². The molecular weight excluding hydrogens is 876 g/mol. The number of alkyl halides is 3. The summed E-state index contributed by atoms with van der Waals surface area (Å²) < 4.78 is 35.7. The average molecular weight is 958 g/mol. The lowest BCUT2D eigenvalue weighted by molar-refractivity contribution is -0.229. The van der Waals surface area contributed by atoms with E-state index < -0.39 is 0 Å². The highest BCUT2D eigenvalue weighted by Gasteiger charge is 2.34. The lowest BCUT2D eigenvalue weighted by atomic mass is 9.88. The largest absolute Gasteiger partial charge is 0.352 e. The lowest BCUT2D eigenvalue weighted by Gasteiger charge is -2.36. The number of rotatable bonds is 15. The normalized spacial score (nSPS) is 37.7. The van der Waals surface area contributed by atoms with Gasteiger partial charge in [0.15, 0.2) is 18.9 Å². The summed E-state index contributed by atoms with van der Waals surface area (Å²) >= 11 is 11.1. The molecule has 3 saturated heterocycles. The minimum absolute atomic E-state index is 0.0897. The zero-order chi connectivity index (χ0) is 38.4. The third-order valence-corrected chi connectivity index (χ3v) is 15.6. The Bertz CT molecular complexity index is 884. The van der Waals surface area contributed by atoms with Gasteiger partial charge >= 0.3 is 0 Å². The maximum Gasteiger partial charge on any atom is 0.160 e. The van der Waals surface area contributed by atoms with Crippen molar-refractivity contribution in [1.82, 2.24) is 0 Å². The highest BCUT2D eigenvalue weighted by atomic mass is 79.9. The fourth-order valence-electron chi connectivity index (χ4n) is 9.08. The Morgan fingerprint density at radius 2 is 0.593 bits per heavy atom. The van der Waals surface area contributed by atoms with Crippen molar-refractivity contribution in [1.29, 1.82) is 0 Å². The van der Waals surface area contributed by atoms with Crippen LogP contribution in [0.1, 0.15) is 175 Å². The number of hydrogen-bond donors (Lipinski definition) is 0. The van der Waals surface area contributed by atoms with Gasteiger partial charge in [0.05, 0.1) is 39.6 Å². The Balaban J connectivity index is 0.000000181. The van der Waals surface area contributed by atoms with Crippen LogP contribution in [-0.2, 0) is 28.4 Å². The molecule has 3 aliphatic carbocycles. The SMILES string of the molecule is CCCCC1COC(C2CCC(Br)CC2)OC1.CCCCCC1COC(C2CCC(Br)CC2)OC1.CCCCCCC1COC(C2CCC(Br)CC2)OC1. The topological polar surface area (TPSA) is 55.4 Å². The van der Waals surface area contributed by atoms with Crippen LogP contribution in [0.15, 0.2) is 0 Å². The maximum atomic E-state index is 5.98. The van der Waals surface area contributed by atoms with Crippen LogP contribution in [0.5, 0.6) is 0 Å². The minimum atomic E-state index is 0.0897. The zero-order valence-corrected chi connectivity index (χ0v) is 39.5. The van der Waals surface area contributed by atoms with Crippen LogP contribution in [0.2, 0.25) is 0 Å². The van der Waals surface area contributed by atoms with E-state index in [-0.39, 0.29) is 18.9 Å². The summed E-state index contributed by atoms with van der Waals surface area (Å²) in [5.41, 5.74) is 0. The molecule has 6 nitrogen and oxygen atoms in total. The molecule has 0 amide bonds. The van der Waals surface area contributed by atoms with Crippen molar-refractivity contribution >= 4 is 47.8 Å². The van der Waals surface area contributed by atoms with E-state index in [4.69, 9.17) is 28.4 Å². The first-order valence-corrected chi connectivity index (χ1v) is 25.7. The maximum absolute atomic E-state index is 5.98. The number of halogens is 3. The Hall–Kier alpha value is 1.20. The highest BCUT2D eigenvalue weighted by molar-refractivity contribution is 9.10. The average Bonchev–Trinajstić information content (AvgIpc) is 3.21. The van der Waals surface area contributed by atoms with E-state index in [9.17, 15) is 0 Å². The van der Waals surface area contributed by atoms with Gasteiger partial charge < -0.3 is 28.4 Å². The molecule has 3 aliphatic heterocycles. The molecule has 6 fully saturated rings. The van der Waals surface area contributed by atoms with Crippen molar-refractivity contribution in [3.8, 4) is 0 Å². The van der Waals surface area contributed by atoms with Gasteiger partial charge in [0.25, 0.3) is 0 Å². The molecule has 0 N–H and O–H groups in total. The van der Waals surface area contributed by atoms with Gasteiger partial charge in [-0.1, -0.05) is 126 Å². The van der Waals surface area contributed by atoms with Crippen molar-refractivity contribution in [2.45, 2.75) is 208 Å². The van der Waals surface area contributed by atoms with Gasteiger partial charge in [-0.25, -0.2) is 0 Å². The van der Waals surface area contributed by atoms with Crippen LogP contribution in [-0.4, -0.2) is 73.0 Å². The Kier molecular flexibility index (Phi) is 25.4. The van der Waals surface area contributed by atoms with Gasteiger partial charge in [-0.05, 0) is 96.3 Å². The lowest BCUT2D eigenvalue weighted by Crippen LogP contribution is -2.38. The summed E-state index contributed by atoms with van der Waals surface area (Å²) in [6.45, 7) is 12.3. The summed E-state index contributed by atoms with van der Waals surface area (Å²) in [7, 11) is 0. The number of ether oxygens (including phenoxy) is 6. The van der Waals surface area contributed by atoms with E-state index in [1.54, 1.807) is 0 Å². The monoisotopic (exact) mass is 954 g/mol. The molecule has 0 bridgehead atoms. The van der Waals surface area contributed by atoms with Crippen LogP contribution >= 0.6 is 47.8 Å². The standard InChI is InChI=1S/C16H29BrO2.C15H27BrO2.C14H25BrO2/c1-2-3-4-5-6-13-11-18-16(19-12-13)14-7-9-15(17)10-8-14;1-2-3-4-5-12-10-17-15(18-11-12)13-6-8-14(16)9-7-13;1-2-3-4-11-9-16-14(17-10-11)12-5-7-13(15)8-6-12/h13-16H,2-12H2,1H3;12-15H,2-11H2,1H3;11-14H,2-10H2,1H3. The summed E-state index contributed by atoms with van der Waals surface area (Å²) in [5.74, 6) is 3.82. The molecule has 0 unspecified atom stereocenters. The summed E-state index contributed by atoms with van der Waals surface area (Å²) in [5, 5.41) is 0.